The van der Waals surface area contributed by atoms with Crippen LogP contribution in [0, 0.1) is 21.8 Å². The summed E-state index contributed by atoms with van der Waals surface area (Å²) in [6.07, 6.45) is 1.58. The summed E-state index contributed by atoms with van der Waals surface area (Å²) >= 11 is 5.22. The predicted octanol–water partition coefficient (Wildman–Crippen LogP) is 3.71. The topological polar surface area (TPSA) is 89.1 Å². The lowest BCUT2D eigenvalue weighted by Gasteiger charge is -2.02. The van der Waals surface area contributed by atoms with Gasteiger partial charge in [-0.05, 0) is 42.9 Å². The number of nitro groups is 1. The molecule has 2 aromatic carbocycles. The van der Waals surface area contributed by atoms with E-state index < -0.39 is 4.92 Å². The summed E-state index contributed by atoms with van der Waals surface area (Å²) in [4.78, 5) is 10.2. The van der Waals surface area contributed by atoms with Crippen molar-refractivity contribution in [3.05, 3.63) is 74.5 Å². The molecule has 0 atom stereocenters. The van der Waals surface area contributed by atoms with Gasteiger partial charge in [-0.1, -0.05) is 23.8 Å². The Morgan fingerprint density at radius 2 is 2.04 bits per heavy atom. The summed E-state index contributed by atoms with van der Waals surface area (Å²) < 4.78 is 1.88. The number of hydrogen-bond donors (Lipinski definition) is 1. The predicted molar refractivity (Wildman–Crippen MR) is 93.7 cm³/mol. The highest BCUT2D eigenvalue weighted by Gasteiger charge is 2.08. The van der Waals surface area contributed by atoms with E-state index >= 15 is 0 Å². The molecule has 0 unspecified atom stereocenters. The molecule has 0 saturated heterocycles. The lowest BCUT2D eigenvalue weighted by Crippen LogP contribution is -1.95. The van der Waals surface area contributed by atoms with Gasteiger partial charge in [-0.25, -0.2) is 5.10 Å². The summed E-state index contributed by atoms with van der Waals surface area (Å²) in [6.45, 7) is 2.00. The summed E-state index contributed by atoms with van der Waals surface area (Å²) in [7, 11) is 0. The van der Waals surface area contributed by atoms with Crippen LogP contribution in [0.4, 0.5) is 5.69 Å². The van der Waals surface area contributed by atoms with Gasteiger partial charge in [0.1, 0.15) is 0 Å². The molecule has 1 heterocycles. The van der Waals surface area contributed by atoms with Crippen molar-refractivity contribution in [1.82, 2.24) is 14.9 Å². The maximum Gasteiger partial charge on any atom is 0.269 e. The molecule has 0 aliphatic carbocycles. The molecule has 0 aliphatic rings. The number of hydrogen-bond acceptors (Lipinski definition) is 5. The van der Waals surface area contributed by atoms with Crippen LogP contribution < -0.4 is 0 Å². The number of aryl methyl sites for hydroxylation is 1. The molecule has 0 bridgehead atoms. The molecule has 0 fully saturated rings. The Labute approximate surface area is 142 Å². The fraction of sp³-hybridized carbons (Fsp3) is 0.0625. The van der Waals surface area contributed by atoms with Crippen molar-refractivity contribution >= 4 is 24.1 Å². The van der Waals surface area contributed by atoms with Gasteiger partial charge >= 0.3 is 0 Å². The highest BCUT2D eigenvalue weighted by Crippen LogP contribution is 2.18. The first-order chi connectivity index (χ1) is 11.5. The fourth-order valence-electron chi connectivity index (χ4n) is 2.18. The first kappa shape index (κ1) is 15.8. The number of aromatic nitrogens is 3. The fourth-order valence-corrected chi connectivity index (χ4v) is 2.36. The highest BCUT2D eigenvalue weighted by atomic mass is 32.1. The van der Waals surface area contributed by atoms with Crippen molar-refractivity contribution in [2.24, 2.45) is 5.10 Å². The molecule has 3 aromatic rings. The van der Waals surface area contributed by atoms with Crippen LogP contribution >= 0.6 is 12.2 Å². The third-order valence-electron chi connectivity index (χ3n) is 3.35. The molecule has 3 rings (SSSR count). The van der Waals surface area contributed by atoms with Crippen molar-refractivity contribution in [3.63, 3.8) is 0 Å². The van der Waals surface area contributed by atoms with Crippen LogP contribution in [-0.2, 0) is 0 Å². The zero-order chi connectivity index (χ0) is 17.1. The van der Waals surface area contributed by atoms with Crippen LogP contribution in [-0.4, -0.2) is 26.0 Å². The van der Waals surface area contributed by atoms with E-state index in [4.69, 9.17) is 12.2 Å². The summed E-state index contributed by atoms with van der Waals surface area (Å²) in [5, 5.41) is 22.0. The van der Waals surface area contributed by atoms with Crippen LogP contribution in [0.15, 0.2) is 53.6 Å². The van der Waals surface area contributed by atoms with Crippen LogP contribution in [0.2, 0.25) is 0 Å². The van der Waals surface area contributed by atoms with Crippen LogP contribution in [0.3, 0.4) is 0 Å². The highest BCUT2D eigenvalue weighted by molar-refractivity contribution is 7.71. The van der Waals surface area contributed by atoms with E-state index in [0.29, 0.717) is 10.6 Å². The van der Waals surface area contributed by atoms with Crippen LogP contribution in [0.1, 0.15) is 11.1 Å². The lowest BCUT2D eigenvalue weighted by atomic mass is 10.1. The molecule has 1 N–H and O–H groups in total. The Kier molecular flexibility index (Phi) is 4.30. The number of nitrogens with one attached hydrogen (secondary N) is 1. The Bertz CT molecular complexity index is 973. The molecule has 0 aliphatic heterocycles. The molecule has 24 heavy (non-hydrogen) atoms. The van der Waals surface area contributed by atoms with Gasteiger partial charge in [-0.3, -0.25) is 10.1 Å². The minimum absolute atomic E-state index is 0.0347. The number of nitro benzene ring substituents is 1. The molecule has 0 amide bonds. The smallest absolute Gasteiger partial charge is 0.258 e. The quantitative estimate of drug-likeness (QED) is 0.340. The van der Waals surface area contributed by atoms with Crippen molar-refractivity contribution in [1.29, 1.82) is 0 Å². The lowest BCUT2D eigenvalue weighted by molar-refractivity contribution is -0.384. The molecular weight excluding hydrogens is 326 g/mol. The number of H-pyrrole nitrogens is 1. The third kappa shape index (κ3) is 3.28. The van der Waals surface area contributed by atoms with Gasteiger partial charge in [0.15, 0.2) is 5.82 Å². The molecule has 8 heteroatoms. The van der Waals surface area contributed by atoms with Gasteiger partial charge < -0.3 is 0 Å². The number of benzene rings is 2. The molecule has 0 saturated carbocycles. The van der Waals surface area contributed by atoms with Gasteiger partial charge in [0.05, 0.1) is 11.1 Å². The monoisotopic (exact) mass is 339 g/mol. The Hall–Kier alpha value is -3.13. The Balaban J connectivity index is 1.94. The molecule has 0 radical (unpaired) electrons. The van der Waals surface area contributed by atoms with Gasteiger partial charge in [0, 0.05) is 17.7 Å². The number of non-ortho nitro benzene ring substituents is 1. The van der Waals surface area contributed by atoms with E-state index in [0.717, 1.165) is 16.7 Å². The molecule has 120 valence electrons. The summed E-state index contributed by atoms with van der Waals surface area (Å²) in [5.41, 5.74) is 2.75. The van der Waals surface area contributed by atoms with Crippen molar-refractivity contribution in [3.8, 4) is 11.4 Å². The van der Waals surface area contributed by atoms with Crippen LogP contribution in [0.25, 0.3) is 11.4 Å². The van der Waals surface area contributed by atoms with E-state index in [1.807, 2.05) is 31.2 Å². The van der Waals surface area contributed by atoms with Crippen molar-refractivity contribution < 1.29 is 4.92 Å². The molecule has 0 spiro atoms. The second-order valence-corrected chi connectivity index (χ2v) is 5.51. The summed E-state index contributed by atoms with van der Waals surface area (Å²) in [6, 6.07) is 13.9. The normalized spacial score (nSPS) is 11.0. The minimum Gasteiger partial charge on any atom is -0.258 e. The van der Waals surface area contributed by atoms with E-state index in [2.05, 4.69) is 15.3 Å². The van der Waals surface area contributed by atoms with E-state index in [1.165, 1.54) is 16.8 Å². The Morgan fingerprint density at radius 3 is 2.71 bits per heavy atom. The minimum atomic E-state index is -0.442. The van der Waals surface area contributed by atoms with Crippen molar-refractivity contribution in [2.45, 2.75) is 6.92 Å². The van der Waals surface area contributed by atoms with Gasteiger partial charge in [-0.15, -0.1) is 0 Å². The average molecular weight is 339 g/mol. The second kappa shape index (κ2) is 6.55. The first-order valence-electron chi connectivity index (χ1n) is 7.08. The number of rotatable bonds is 4. The Morgan fingerprint density at radius 1 is 1.29 bits per heavy atom. The zero-order valence-corrected chi connectivity index (χ0v) is 13.5. The summed E-state index contributed by atoms with van der Waals surface area (Å²) in [5.74, 6) is 0.599. The maximum absolute atomic E-state index is 10.7. The third-order valence-corrected chi connectivity index (χ3v) is 3.62. The standard InChI is InChI=1S/C16H13N5O2S/c1-11-3-2-4-13(9-11)15-18-19-16(24)20(15)17-10-12-5-7-14(8-6-12)21(22)23/h2-10H,1H3,(H,19,24). The first-order valence-corrected chi connectivity index (χ1v) is 7.49. The average Bonchev–Trinajstić information content (AvgIpc) is 2.94. The molecule has 7 nitrogen and oxygen atoms in total. The van der Waals surface area contributed by atoms with Gasteiger partial charge in [0.25, 0.3) is 5.69 Å². The van der Waals surface area contributed by atoms with Gasteiger partial charge in [0.2, 0.25) is 4.77 Å². The van der Waals surface area contributed by atoms with E-state index in [-0.39, 0.29) is 5.69 Å². The van der Waals surface area contributed by atoms with Crippen molar-refractivity contribution in [2.75, 3.05) is 0 Å². The number of nitrogens with zero attached hydrogens (tertiary/aromatic N) is 4. The maximum atomic E-state index is 10.7. The van der Waals surface area contributed by atoms with E-state index in [1.54, 1.807) is 18.3 Å². The van der Waals surface area contributed by atoms with Crippen LogP contribution in [0.5, 0.6) is 0 Å². The molecular formula is C16H13N5O2S. The number of aromatic amines is 1. The second-order valence-electron chi connectivity index (χ2n) is 5.13. The largest absolute Gasteiger partial charge is 0.269 e. The SMILES string of the molecule is Cc1cccc(-c2n[nH]c(=S)n2N=Cc2ccc([N+](=O)[O-])cc2)c1. The zero-order valence-electron chi connectivity index (χ0n) is 12.7. The van der Waals surface area contributed by atoms with E-state index in [9.17, 15) is 10.1 Å². The van der Waals surface area contributed by atoms with Gasteiger partial charge in [-0.2, -0.15) is 14.9 Å². The molecule has 1 aromatic heterocycles.